The normalized spacial score (nSPS) is 35.5. The van der Waals surface area contributed by atoms with Crippen LogP contribution < -0.4 is 5.32 Å². The van der Waals surface area contributed by atoms with Crippen LogP contribution in [0.25, 0.3) is 0 Å². The average molecular weight is 293 g/mol. The highest BCUT2D eigenvalue weighted by atomic mass is 16.2. The summed E-state index contributed by atoms with van der Waals surface area (Å²) in [5.41, 5.74) is -0.724. The number of nitrogens with zero attached hydrogens (tertiary/aromatic N) is 2. The van der Waals surface area contributed by atoms with Crippen LogP contribution in [-0.4, -0.2) is 50.9 Å². The first-order valence-electron chi connectivity index (χ1n) is 8.00. The van der Waals surface area contributed by atoms with E-state index in [4.69, 9.17) is 0 Å². The van der Waals surface area contributed by atoms with Crippen LogP contribution >= 0.6 is 0 Å². The molecular formula is C16H27N3O2. The monoisotopic (exact) mass is 293 g/mol. The fourth-order valence-corrected chi connectivity index (χ4v) is 4.74. The van der Waals surface area contributed by atoms with Gasteiger partial charge in [-0.2, -0.15) is 0 Å². The number of imide groups is 1. The van der Waals surface area contributed by atoms with Crippen LogP contribution in [0.4, 0.5) is 4.79 Å². The lowest BCUT2D eigenvalue weighted by atomic mass is 9.79. The Morgan fingerprint density at radius 1 is 1.05 bits per heavy atom. The van der Waals surface area contributed by atoms with E-state index in [1.165, 1.54) is 0 Å². The van der Waals surface area contributed by atoms with Gasteiger partial charge in [-0.1, -0.05) is 0 Å². The summed E-state index contributed by atoms with van der Waals surface area (Å²) < 4.78 is 0. The van der Waals surface area contributed by atoms with Gasteiger partial charge in [0.1, 0.15) is 5.54 Å². The Hall–Kier alpha value is -1.10. The van der Waals surface area contributed by atoms with Crippen molar-refractivity contribution >= 4 is 11.9 Å². The van der Waals surface area contributed by atoms with Gasteiger partial charge >= 0.3 is 6.03 Å². The smallest absolute Gasteiger partial charge is 0.310 e. The summed E-state index contributed by atoms with van der Waals surface area (Å²) in [6.45, 7) is 11.2. The highest BCUT2D eigenvalue weighted by Crippen LogP contribution is 2.41. The number of rotatable bonds is 1. The predicted molar refractivity (Wildman–Crippen MR) is 80.9 cm³/mol. The zero-order chi connectivity index (χ0) is 15.6. The van der Waals surface area contributed by atoms with E-state index < -0.39 is 5.54 Å². The van der Waals surface area contributed by atoms with E-state index in [0.29, 0.717) is 0 Å². The van der Waals surface area contributed by atoms with E-state index in [9.17, 15) is 9.59 Å². The van der Waals surface area contributed by atoms with E-state index in [-0.39, 0.29) is 29.1 Å². The SMILES string of the molecule is CC1(C)CC(N2C(=O)N3CCC[C@@]3(C)C2=O)CC(C)(C)N1. The lowest BCUT2D eigenvalue weighted by Crippen LogP contribution is -2.63. The molecule has 21 heavy (non-hydrogen) atoms. The van der Waals surface area contributed by atoms with Crippen LogP contribution in [0.1, 0.15) is 60.3 Å². The van der Waals surface area contributed by atoms with Gasteiger partial charge in [0.15, 0.2) is 0 Å². The van der Waals surface area contributed by atoms with Crippen molar-refractivity contribution in [3.05, 3.63) is 0 Å². The van der Waals surface area contributed by atoms with Gasteiger partial charge in [-0.05, 0) is 60.3 Å². The average Bonchev–Trinajstić information content (AvgIpc) is 2.74. The number of fused-ring (bicyclic) bond motifs is 1. The van der Waals surface area contributed by atoms with E-state index in [0.717, 1.165) is 32.2 Å². The van der Waals surface area contributed by atoms with Crippen molar-refractivity contribution in [3.63, 3.8) is 0 Å². The zero-order valence-electron chi connectivity index (χ0n) is 13.8. The van der Waals surface area contributed by atoms with E-state index in [2.05, 4.69) is 33.0 Å². The van der Waals surface area contributed by atoms with Gasteiger partial charge in [-0.15, -0.1) is 0 Å². The number of hydrogen-bond donors (Lipinski definition) is 1. The number of nitrogens with one attached hydrogen (secondary N) is 1. The van der Waals surface area contributed by atoms with Crippen molar-refractivity contribution in [2.24, 2.45) is 0 Å². The molecule has 0 aromatic carbocycles. The van der Waals surface area contributed by atoms with Crippen molar-refractivity contribution in [3.8, 4) is 0 Å². The quantitative estimate of drug-likeness (QED) is 0.753. The third kappa shape index (κ3) is 2.17. The molecule has 3 rings (SSSR count). The number of hydrogen-bond acceptors (Lipinski definition) is 3. The fourth-order valence-electron chi connectivity index (χ4n) is 4.74. The maximum absolute atomic E-state index is 12.9. The van der Waals surface area contributed by atoms with Crippen LogP contribution in [0.5, 0.6) is 0 Å². The standard InChI is InChI=1S/C16H27N3O2/c1-14(2)9-11(10-15(3,4)17-14)19-12(20)16(5)7-6-8-18(16)13(19)21/h11,17H,6-10H2,1-5H3/t16-/m0/s1. The topological polar surface area (TPSA) is 52.7 Å². The minimum Gasteiger partial charge on any atom is -0.310 e. The van der Waals surface area contributed by atoms with Crippen LogP contribution in [0.3, 0.4) is 0 Å². The van der Waals surface area contributed by atoms with Gasteiger partial charge in [0, 0.05) is 23.7 Å². The minimum atomic E-state index is -0.587. The number of urea groups is 1. The molecule has 1 N–H and O–H groups in total. The summed E-state index contributed by atoms with van der Waals surface area (Å²) in [6, 6.07) is -0.0721. The Balaban J connectivity index is 1.90. The fraction of sp³-hybridized carbons (Fsp3) is 0.875. The second kappa shape index (κ2) is 4.22. The molecule has 0 bridgehead atoms. The Labute approximate surface area is 127 Å². The molecule has 0 aromatic rings. The number of amides is 3. The van der Waals surface area contributed by atoms with Crippen LogP contribution in [0.15, 0.2) is 0 Å². The highest BCUT2D eigenvalue weighted by molar-refractivity contribution is 6.07. The molecule has 3 saturated heterocycles. The van der Waals surface area contributed by atoms with Gasteiger partial charge < -0.3 is 10.2 Å². The third-order valence-corrected chi connectivity index (χ3v) is 5.29. The van der Waals surface area contributed by atoms with Gasteiger partial charge in [0.2, 0.25) is 0 Å². The Morgan fingerprint density at radius 3 is 2.14 bits per heavy atom. The zero-order valence-corrected chi connectivity index (χ0v) is 13.8. The number of piperidine rings is 1. The molecule has 1 atom stereocenters. The number of carbonyl (C=O) groups is 2. The molecule has 3 aliphatic heterocycles. The molecule has 0 radical (unpaired) electrons. The number of carbonyl (C=O) groups excluding carboxylic acids is 2. The maximum atomic E-state index is 12.9. The van der Waals surface area contributed by atoms with E-state index >= 15 is 0 Å². The molecule has 0 spiro atoms. The van der Waals surface area contributed by atoms with Crippen molar-refractivity contribution < 1.29 is 9.59 Å². The van der Waals surface area contributed by atoms with Gasteiger partial charge in [-0.3, -0.25) is 9.69 Å². The van der Waals surface area contributed by atoms with Crippen LogP contribution in [0.2, 0.25) is 0 Å². The molecule has 0 aromatic heterocycles. The summed E-state index contributed by atoms with van der Waals surface area (Å²) in [5.74, 6) is 0.0171. The summed E-state index contributed by atoms with van der Waals surface area (Å²) in [5, 5.41) is 3.61. The maximum Gasteiger partial charge on any atom is 0.327 e. The molecule has 0 saturated carbocycles. The molecule has 3 amide bonds. The molecule has 3 fully saturated rings. The molecular weight excluding hydrogens is 266 g/mol. The van der Waals surface area contributed by atoms with Gasteiger partial charge in [0.05, 0.1) is 0 Å². The predicted octanol–water partition coefficient (Wildman–Crippen LogP) is 2.11. The second-order valence-electron chi connectivity index (χ2n) is 8.44. The summed E-state index contributed by atoms with van der Waals surface area (Å²) >= 11 is 0. The lowest BCUT2D eigenvalue weighted by molar-refractivity contribution is -0.134. The molecule has 0 aliphatic carbocycles. The molecule has 5 nitrogen and oxygen atoms in total. The van der Waals surface area contributed by atoms with Crippen molar-refractivity contribution in [1.29, 1.82) is 0 Å². The lowest BCUT2D eigenvalue weighted by Gasteiger charge is -2.48. The molecule has 3 heterocycles. The second-order valence-corrected chi connectivity index (χ2v) is 8.44. The summed E-state index contributed by atoms with van der Waals surface area (Å²) in [4.78, 5) is 29.0. The van der Waals surface area contributed by atoms with Crippen LogP contribution in [0, 0.1) is 0 Å². The first-order chi connectivity index (χ1) is 9.56. The largest absolute Gasteiger partial charge is 0.327 e. The molecule has 0 unspecified atom stereocenters. The third-order valence-electron chi connectivity index (χ3n) is 5.29. The molecule has 118 valence electrons. The van der Waals surface area contributed by atoms with Crippen molar-refractivity contribution in [2.75, 3.05) is 6.54 Å². The van der Waals surface area contributed by atoms with Crippen LogP contribution in [-0.2, 0) is 4.79 Å². The Morgan fingerprint density at radius 2 is 1.62 bits per heavy atom. The van der Waals surface area contributed by atoms with Gasteiger partial charge in [-0.25, -0.2) is 4.79 Å². The summed E-state index contributed by atoms with van der Waals surface area (Å²) in [7, 11) is 0. The highest BCUT2D eigenvalue weighted by Gasteiger charge is 2.59. The van der Waals surface area contributed by atoms with Gasteiger partial charge in [0.25, 0.3) is 5.91 Å². The molecule has 3 aliphatic rings. The first kappa shape index (κ1) is 14.8. The van der Waals surface area contributed by atoms with Crippen molar-refractivity contribution in [1.82, 2.24) is 15.1 Å². The van der Waals surface area contributed by atoms with E-state index in [1.807, 2.05) is 6.92 Å². The Kier molecular flexibility index (Phi) is 2.98. The first-order valence-corrected chi connectivity index (χ1v) is 8.00. The van der Waals surface area contributed by atoms with Crippen molar-refractivity contribution in [2.45, 2.75) is 83.0 Å². The minimum absolute atomic E-state index is 0.00123. The Bertz CT molecular complexity index is 484. The summed E-state index contributed by atoms with van der Waals surface area (Å²) in [6.07, 6.45) is 3.37. The molecule has 5 heteroatoms. The van der Waals surface area contributed by atoms with E-state index in [1.54, 1.807) is 9.80 Å².